The Kier molecular flexibility index (Phi) is 7.40. The summed E-state index contributed by atoms with van der Waals surface area (Å²) in [6.07, 6.45) is 5.29. The number of nitrogens with one attached hydrogen (secondary N) is 1. The first-order valence-corrected chi connectivity index (χ1v) is 7.82. The number of sulfonamides is 1. The third-order valence-electron chi connectivity index (χ3n) is 3.11. The van der Waals surface area contributed by atoms with Gasteiger partial charge in [0, 0.05) is 0 Å². The predicted octanol–water partition coefficient (Wildman–Crippen LogP) is 2.57. The normalized spacial score (nSPS) is 15.2. The van der Waals surface area contributed by atoms with Crippen molar-refractivity contribution in [2.45, 2.75) is 63.5 Å². The molecule has 0 aromatic heterocycles. The van der Waals surface area contributed by atoms with Crippen LogP contribution in [0.4, 0.5) is 0 Å². The van der Waals surface area contributed by atoms with Crippen LogP contribution in [0, 0.1) is 11.3 Å². The van der Waals surface area contributed by atoms with E-state index in [-0.39, 0.29) is 0 Å². The zero-order chi connectivity index (χ0) is 13.4. The number of nitriles is 1. The molecular formula is C12H24N2O2S. The Hall–Kier alpha value is -0.600. The Morgan fingerprint density at radius 2 is 1.65 bits per heavy atom. The highest BCUT2D eigenvalue weighted by atomic mass is 32.2. The number of hydrogen-bond acceptors (Lipinski definition) is 3. The van der Waals surface area contributed by atoms with Gasteiger partial charge in [0.1, 0.15) is 0 Å². The fraction of sp³-hybridized carbons (Fsp3) is 0.917. The molecule has 0 aromatic rings. The second-order valence-electron chi connectivity index (χ2n) is 4.37. The Morgan fingerprint density at radius 1 is 1.12 bits per heavy atom. The number of unbranched alkanes of at least 4 members (excludes halogenated alkanes) is 3. The molecule has 1 N–H and O–H groups in total. The number of hydrogen-bond donors (Lipinski definition) is 1. The molecule has 0 aromatic carbocycles. The van der Waals surface area contributed by atoms with Crippen LogP contribution in [0.15, 0.2) is 0 Å². The lowest BCUT2D eigenvalue weighted by atomic mass is 9.96. The summed E-state index contributed by atoms with van der Waals surface area (Å²) in [5, 5.41) is 9.30. The average Bonchev–Trinajstić information content (AvgIpc) is 2.33. The Morgan fingerprint density at radius 3 is 2.06 bits per heavy atom. The van der Waals surface area contributed by atoms with Crippen molar-refractivity contribution in [1.82, 2.24) is 4.72 Å². The van der Waals surface area contributed by atoms with Gasteiger partial charge in [0.15, 0.2) is 4.75 Å². The standard InChI is InChI=1S/C12H24N2O2S/c1-4-6-8-10-12(11-13,9-7-5-2)17(15,16)14-3/h14H,4-10H2,1-3H3. The van der Waals surface area contributed by atoms with Gasteiger partial charge in [-0.15, -0.1) is 0 Å². The van der Waals surface area contributed by atoms with Gasteiger partial charge in [-0.1, -0.05) is 46.0 Å². The lowest BCUT2D eigenvalue weighted by molar-refractivity contribution is 0.480. The molecule has 5 heteroatoms. The molecule has 0 bridgehead atoms. The largest absolute Gasteiger partial charge is 0.230 e. The van der Waals surface area contributed by atoms with Gasteiger partial charge in [-0.05, 0) is 19.9 Å². The highest BCUT2D eigenvalue weighted by molar-refractivity contribution is 7.91. The Balaban J connectivity index is 4.96. The lowest BCUT2D eigenvalue weighted by Crippen LogP contribution is -2.44. The van der Waals surface area contributed by atoms with Crippen molar-refractivity contribution in [3.63, 3.8) is 0 Å². The highest BCUT2D eigenvalue weighted by Gasteiger charge is 2.42. The third kappa shape index (κ3) is 4.29. The Labute approximate surface area is 105 Å². The van der Waals surface area contributed by atoms with Gasteiger partial charge in [0.05, 0.1) is 6.07 Å². The molecule has 0 aliphatic carbocycles. The second kappa shape index (κ2) is 7.67. The van der Waals surface area contributed by atoms with E-state index in [2.05, 4.69) is 17.7 Å². The number of rotatable bonds is 9. The molecule has 0 rings (SSSR count). The smallest absolute Gasteiger partial charge is 0.217 e. The molecule has 0 fully saturated rings. The molecule has 0 heterocycles. The van der Waals surface area contributed by atoms with E-state index in [0.717, 1.165) is 32.1 Å². The third-order valence-corrected chi connectivity index (χ3v) is 5.17. The summed E-state index contributed by atoms with van der Waals surface area (Å²) < 4.78 is 25.1. The fourth-order valence-corrected chi connectivity index (χ4v) is 3.22. The van der Waals surface area contributed by atoms with Crippen LogP contribution in [-0.4, -0.2) is 20.2 Å². The molecule has 4 nitrogen and oxygen atoms in total. The van der Waals surface area contributed by atoms with E-state index in [1.54, 1.807) is 0 Å². The second-order valence-corrected chi connectivity index (χ2v) is 6.57. The summed E-state index contributed by atoms with van der Waals surface area (Å²) in [6, 6.07) is 2.05. The van der Waals surface area contributed by atoms with Crippen molar-refractivity contribution >= 4 is 10.0 Å². The first-order chi connectivity index (χ1) is 7.99. The summed E-state index contributed by atoms with van der Waals surface area (Å²) in [7, 11) is -2.15. The van der Waals surface area contributed by atoms with Crippen LogP contribution in [0.25, 0.3) is 0 Å². The van der Waals surface area contributed by atoms with Gasteiger partial charge in [-0.2, -0.15) is 5.26 Å². The monoisotopic (exact) mass is 260 g/mol. The van der Waals surface area contributed by atoms with Gasteiger partial charge in [-0.25, -0.2) is 13.1 Å². The summed E-state index contributed by atoms with van der Waals surface area (Å²) in [5.41, 5.74) is 0. The molecule has 0 saturated heterocycles. The molecule has 17 heavy (non-hydrogen) atoms. The fourth-order valence-electron chi connectivity index (χ4n) is 1.88. The first kappa shape index (κ1) is 16.4. The van der Waals surface area contributed by atoms with Crippen LogP contribution in [-0.2, 0) is 10.0 Å². The highest BCUT2D eigenvalue weighted by Crippen LogP contribution is 2.29. The van der Waals surface area contributed by atoms with Crippen LogP contribution in [0.5, 0.6) is 0 Å². The van der Waals surface area contributed by atoms with Crippen LogP contribution in [0.3, 0.4) is 0 Å². The lowest BCUT2D eigenvalue weighted by Gasteiger charge is -2.25. The van der Waals surface area contributed by atoms with E-state index in [1.165, 1.54) is 7.05 Å². The van der Waals surface area contributed by atoms with Crippen molar-refractivity contribution in [1.29, 1.82) is 5.26 Å². The maximum absolute atomic E-state index is 12.0. The van der Waals surface area contributed by atoms with Crippen molar-refractivity contribution in [3.05, 3.63) is 0 Å². The van der Waals surface area contributed by atoms with E-state index in [9.17, 15) is 13.7 Å². The minimum absolute atomic E-state index is 0.423. The molecule has 100 valence electrons. The van der Waals surface area contributed by atoms with Crippen molar-refractivity contribution in [2.24, 2.45) is 0 Å². The van der Waals surface area contributed by atoms with Crippen molar-refractivity contribution in [3.8, 4) is 6.07 Å². The number of nitrogens with zero attached hydrogens (tertiary/aromatic N) is 1. The predicted molar refractivity (Wildman–Crippen MR) is 70.0 cm³/mol. The SMILES string of the molecule is CCCCCC(C#N)(CCCC)S(=O)(=O)NC. The quantitative estimate of drug-likeness (QED) is 0.648. The van der Waals surface area contributed by atoms with Crippen LogP contribution in [0.2, 0.25) is 0 Å². The van der Waals surface area contributed by atoms with Crippen molar-refractivity contribution in [2.75, 3.05) is 7.05 Å². The zero-order valence-corrected chi connectivity index (χ0v) is 11.9. The van der Waals surface area contributed by atoms with Crippen molar-refractivity contribution < 1.29 is 8.42 Å². The molecule has 1 atom stereocenters. The van der Waals surface area contributed by atoms with E-state index in [4.69, 9.17) is 0 Å². The molecule has 0 spiro atoms. The van der Waals surface area contributed by atoms with Gasteiger partial charge >= 0.3 is 0 Å². The maximum Gasteiger partial charge on any atom is 0.230 e. The van der Waals surface area contributed by atoms with E-state index >= 15 is 0 Å². The minimum Gasteiger partial charge on any atom is -0.217 e. The van der Waals surface area contributed by atoms with Gasteiger partial charge in [0.2, 0.25) is 10.0 Å². The summed E-state index contributed by atoms with van der Waals surface area (Å²) in [5.74, 6) is 0. The first-order valence-electron chi connectivity index (χ1n) is 6.34. The van der Waals surface area contributed by atoms with E-state index < -0.39 is 14.8 Å². The molecule has 0 aliphatic heterocycles. The average molecular weight is 260 g/mol. The summed E-state index contributed by atoms with van der Waals surface area (Å²) in [4.78, 5) is 0. The molecule has 0 aliphatic rings. The molecular weight excluding hydrogens is 236 g/mol. The zero-order valence-electron chi connectivity index (χ0n) is 11.1. The van der Waals surface area contributed by atoms with Gasteiger partial charge in [-0.3, -0.25) is 0 Å². The minimum atomic E-state index is -3.54. The topological polar surface area (TPSA) is 70.0 Å². The van der Waals surface area contributed by atoms with Crippen LogP contribution < -0.4 is 4.72 Å². The Bertz CT molecular complexity index is 346. The molecule has 0 saturated carbocycles. The van der Waals surface area contributed by atoms with Gasteiger partial charge < -0.3 is 0 Å². The van der Waals surface area contributed by atoms with Crippen LogP contribution >= 0.6 is 0 Å². The molecule has 1 unspecified atom stereocenters. The van der Waals surface area contributed by atoms with E-state index in [0.29, 0.717) is 12.8 Å². The summed E-state index contributed by atoms with van der Waals surface area (Å²) in [6.45, 7) is 4.06. The van der Waals surface area contributed by atoms with Gasteiger partial charge in [0.25, 0.3) is 0 Å². The van der Waals surface area contributed by atoms with Crippen LogP contribution in [0.1, 0.15) is 58.8 Å². The van der Waals surface area contributed by atoms with E-state index in [1.807, 2.05) is 6.92 Å². The summed E-state index contributed by atoms with van der Waals surface area (Å²) >= 11 is 0. The molecule has 0 amide bonds. The molecule has 0 radical (unpaired) electrons. The maximum atomic E-state index is 12.0.